The van der Waals surface area contributed by atoms with Crippen molar-refractivity contribution in [1.29, 1.82) is 0 Å². The number of allylic oxidation sites excluding steroid dienone is 2. The number of Topliss-reactive ketones (excluding diaryl/α,β-unsaturated/α-hetero) is 1. The van der Waals surface area contributed by atoms with E-state index in [0.29, 0.717) is 23.5 Å². The first-order valence-corrected chi connectivity index (χ1v) is 15.1. The molecular formula is C33H44N2O5. The van der Waals surface area contributed by atoms with Gasteiger partial charge in [-0.25, -0.2) is 0 Å². The minimum Gasteiger partial charge on any atom is -0.481 e. The molecule has 0 bridgehead atoms. The van der Waals surface area contributed by atoms with E-state index in [1.165, 1.54) is 24.8 Å². The predicted octanol–water partition coefficient (Wildman–Crippen LogP) is 5.90. The van der Waals surface area contributed by atoms with Crippen LogP contribution < -0.4 is 5.32 Å². The average Bonchev–Trinajstić information content (AvgIpc) is 3.29. The van der Waals surface area contributed by atoms with Crippen molar-refractivity contribution in [2.75, 3.05) is 13.2 Å². The fourth-order valence-electron chi connectivity index (χ4n) is 9.02. The lowest BCUT2D eigenvalue weighted by atomic mass is 9.46. The third-order valence-corrected chi connectivity index (χ3v) is 11.1. The molecule has 5 rings (SSSR count). The van der Waals surface area contributed by atoms with Crippen LogP contribution in [0.5, 0.6) is 0 Å². The number of nitrogens with one attached hydrogen (secondary N) is 1. The summed E-state index contributed by atoms with van der Waals surface area (Å²) >= 11 is 0. The molecule has 7 atom stereocenters. The van der Waals surface area contributed by atoms with Gasteiger partial charge in [-0.2, -0.15) is 0 Å². The van der Waals surface area contributed by atoms with Crippen LogP contribution in [0.4, 0.5) is 0 Å². The van der Waals surface area contributed by atoms with Crippen molar-refractivity contribution < 1.29 is 24.3 Å². The van der Waals surface area contributed by atoms with E-state index in [0.717, 1.165) is 43.4 Å². The summed E-state index contributed by atoms with van der Waals surface area (Å²) < 4.78 is 0. The highest BCUT2D eigenvalue weighted by Crippen LogP contribution is 2.66. The summed E-state index contributed by atoms with van der Waals surface area (Å²) in [6.45, 7) is 6.67. The van der Waals surface area contributed by atoms with Gasteiger partial charge in [-0.1, -0.05) is 54.9 Å². The Morgan fingerprint density at radius 2 is 1.82 bits per heavy atom. The maximum Gasteiger partial charge on any atom is 0.304 e. The molecule has 0 aliphatic heterocycles. The Bertz CT molecular complexity index is 1190. The van der Waals surface area contributed by atoms with Crippen molar-refractivity contribution in [2.24, 2.45) is 39.7 Å². The number of hydrogen-bond donors (Lipinski definition) is 2. The monoisotopic (exact) mass is 548 g/mol. The number of ketones is 1. The summed E-state index contributed by atoms with van der Waals surface area (Å²) in [6.07, 6.45) is 10.9. The van der Waals surface area contributed by atoms with Gasteiger partial charge < -0.3 is 15.3 Å². The molecule has 0 radical (unpaired) electrons. The molecule has 3 fully saturated rings. The second-order valence-electron chi connectivity index (χ2n) is 13.2. The molecule has 0 aromatic heterocycles. The zero-order valence-electron chi connectivity index (χ0n) is 24.2. The molecule has 2 N–H and O–H groups in total. The lowest BCUT2D eigenvalue weighted by Gasteiger charge is -2.58. The smallest absolute Gasteiger partial charge is 0.304 e. The summed E-state index contributed by atoms with van der Waals surface area (Å²) in [5, 5.41) is 16.4. The van der Waals surface area contributed by atoms with Gasteiger partial charge in [0.05, 0.1) is 12.1 Å². The topological polar surface area (TPSA) is 105 Å². The van der Waals surface area contributed by atoms with Gasteiger partial charge in [0.15, 0.2) is 6.61 Å². The summed E-state index contributed by atoms with van der Waals surface area (Å²) in [7, 11) is 0. The predicted molar refractivity (Wildman–Crippen MR) is 154 cm³/mol. The largest absolute Gasteiger partial charge is 0.481 e. The number of carboxylic acids is 1. The van der Waals surface area contributed by atoms with Gasteiger partial charge in [0.1, 0.15) is 5.78 Å². The van der Waals surface area contributed by atoms with Gasteiger partial charge >= 0.3 is 5.97 Å². The molecule has 1 aromatic carbocycles. The fourth-order valence-corrected chi connectivity index (χ4v) is 9.02. The van der Waals surface area contributed by atoms with Gasteiger partial charge in [-0.05, 0) is 98.5 Å². The lowest BCUT2D eigenvalue weighted by Crippen LogP contribution is -2.51. The third-order valence-electron chi connectivity index (χ3n) is 11.1. The highest BCUT2D eigenvalue weighted by Gasteiger charge is 2.59. The minimum atomic E-state index is -0.900. The second-order valence-corrected chi connectivity index (χ2v) is 13.2. The van der Waals surface area contributed by atoms with Crippen molar-refractivity contribution in [2.45, 2.75) is 84.5 Å². The van der Waals surface area contributed by atoms with Crippen LogP contribution in [0.25, 0.3) is 0 Å². The molecule has 1 aromatic rings. The van der Waals surface area contributed by atoms with E-state index in [4.69, 9.17) is 4.84 Å². The second kappa shape index (κ2) is 11.5. The zero-order valence-corrected chi connectivity index (χ0v) is 24.2. The van der Waals surface area contributed by atoms with Gasteiger partial charge in [0.2, 0.25) is 0 Å². The maximum atomic E-state index is 12.4. The van der Waals surface area contributed by atoms with E-state index in [9.17, 15) is 19.5 Å². The van der Waals surface area contributed by atoms with Crippen LogP contribution in [0.15, 0.2) is 47.1 Å². The number of benzene rings is 1. The van der Waals surface area contributed by atoms with Crippen molar-refractivity contribution in [3.63, 3.8) is 0 Å². The molecule has 216 valence electrons. The van der Waals surface area contributed by atoms with Crippen molar-refractivity contribution in [3.05, 3.63) is 47.5 Å². The van der Waals surface area contributed by atoms with Gasteiger partial charge in [0, 0.05) is 18.4 Å². The Morgan fingerprint density at radius 1 is 1.05 bits per heavy atom. The SMILES string of the molecule is CC(=O)C1CCC2C3CCC4=CC(=NOCC(=O)NCC(CC(=O)O)c5ccccc5)CCC4(C)C3CCC12C. The van der Waals surface area contributed by atoms with Crippen LogP contribution in [0.1, 0.15) is 90.0 Å². The first-order chi connectivity index (χ1) is 19.1. The van der Waals surface area contributed by atoms with Crippen LogP contribution >= 0.6 is 0 Å². The Hall–Kier alpha value is -2.96. The van der Waals surface area contributed by atoms with Gasteiger partial charge in [-0.15, -0.1) is 0 Å². The van der Waals surface area contributed by atoms with Crippen LogP contribution in [-0.4, -0.2) is 41.6 Å². The number of hydrogen-bond acceptors (Lipinski definition) is 5. The lowest BCUT2D eigenvalue weighted by molar-refractivity contribution is -0.137. The van der Waals surface area contributed by atoms with Gasteiger partial charge in [0.25, 0.3) is 5.91 Å². The molecular weight excluding hydrogens is 504 g/mol. The Morgan fingerprint density at radius 3 is 2.55 bits per heavy atom. The van der Waals surface area contributed by atoms with Crippen molar-refractivity contribution in [1.82, 2.24) is 5.32 Å². The molecule has 7 heteroatoms. The summed E-state index contributed by atoms with van der Waals surface area (Å²) in [5.41, 5.74) is 3.59. The molecule has 0 saturated heterocycles. The number of carbonyl (C=O) groups is 3. The van der Waals surface area contributed by atoms with E-state index in [2.05, 4.69) is 30.4 Å². The first kappa shape index (κ1) is 28.6. The Balaban J connectivity index is 1.17. The molecule has 0 heterocycles. The van der Waals surface area contributed by atoms with Crippen LogP contribution in [0.3, 0.4) is 0 Å². The summed E-state index contributed by atoms with van der Waals surface area (Å²) in [6, 6.07) is 9.37. The number of aliphatic carboxylic acids is 1. The number of amides is 1. The summed E-state index contributed by atoms with van der Waals surface area (Å²) in [4.78, 5) is 41.6. The molecule has 4 aliphatic rings. The normalized spacial score (nSPS) is 34.6. The van der Waals surface area contributed by atoms with Crippen LogP contribution in [0, 0.1) is 34.5 Å². The third kappa shape index (κ3) is 5.48. The Labute approximate surface area is 237 Å². The number of fused-ring (bicyclic) bond motifs is 5. The molecule has 0 spiro atoms. The zero-order chi connectivity index (χ0) is 28.5. The van der Waals surface area contributed by atoms with Crippen LogP contribution in [-0.2, 0) is 19.2 Å². The van der Waals surface area contributed by atoms with Crippen molar-refractivity contribution in [3.8, 4) is 0 Å². The van der Waals surface area contributed by atoms with Crippen LogP contribution in [0.2, 0.25) is 0 Å². The molecule has 4 aliphatic carbocycles. The molecule has 40 heavy (non-hydrogen) atoms. The quantitative estimate of drug-likeness (QED) is 0.374. The number of oxime groups is 1. The number of rotatable bonds is 9. The minimum absolute atomic E-state index is 0.0566. The van der Waals surface area contributed by atoms with E-state index in [1.807, 2.05) is 30.3 Å². The molecule has 7 unspecified atom stereocenters. The van der Waals surface area contributed by atoms with E-state index in [1.54, 1.807) is 6.92 Å². The first-order valence-electron chi connectivity index (χ1n) is 15.1. The summed E-state index contributed by atoms with van der Waals surface area (Å²) in [5.74, 6) is 1.13. The van der Waals surface area contributed by atoms with Gasteiger partial charge in [-0.3, -0.25) is 14.4 Å². The highest BCUT2D eigenvalue weighted by atomic mass is 16.6. The number of carbonyl (C=O) groups excluding carboxylic acids is 2. The van der Waals surface area contributed by atoms with E-state index >= 15 is 0 Å². The van der Waals surface area contributed by atoms with E-state index < -0.39 is 5.97 Å². The molecule has 7 nitrogen and oxygen atoms in total. The maximum absolute atomic E-state index is 12.4. The van der Waals surface area contributed by atoms with Crippen molar-refractivity contribution >= 4 is 23.4 Å². The molecule has 1 amide bonds. The van der Waals surface area contributed by atoms with E-state index in [-0.39, 0.29) is 48.1 Å². The number of nitrogens with zero attached hydrogens (tertiary/aromatic N) is 1. The number of carboxylic acid groups (broad SMARTS) is 1. The fraction of sp³-hybridized carbons (Fsp3) is 0.636. The Kier molecular flexibility index (Phi) is 8.21. The average molecular weight is 549 g/mol. The highest BCUT2D eigenvalue weighted by molar-refractivity contribution is 5.96. The molecule has 3 saturated carbocycles. The standard InChI is InChI=1S/C33H44N2O5/c1-21(36)27-11-12-28-26-10-9-24-18-25(13-15-32(24,2)29(26)14-16-33(27,28)3)35-40-20-30(37)34-19-23(17-31(38)39)22-7-5-4-6-8-22/h4-8,18,23,26-29H,9-17,19-20H2,1-3H3,(H,34,37)(H,38,39).